The molecule has 0 radical (unpaired) electrons. The van der Waals surface area contributed by atoms with Gasteiger partial charge in [0.25, 0.3) is 0 Å². The Kier molecular flexibility index (Phi) is 24.9. The number of unbranched alkanes of at least 4 members (excludes halogenated alkanes) is 8. The van der Waals surface area contributed by atoms with E-state index in [0.29, 0.717) is 45.0 Å². The summed E-state index contributed by atoms with van der Waals surface area (Å²) in [5.41, 5.74) is 7.92. The van der Waals surface area contributed by atoms with E-state index in [-0.39, 0.29) is 30.5 Å². The summed E-state index contributed by atoms with van der Waals surface area (Å²) >= 11 is 0. The molecule has 1 amide bonds. The molecule has 2 saturated heterocycles. The number of nitrogens with two attached hydrogens (primary N) is 1. The smallest absolute Gasteiger partial charge is 0.311 e. The molecule has 4 heterocycles. The van der Waals surface area contributed by atoms with Crippen molar-refractivity contribution >= 4 is 21.3 Å². The largest absolute Gasteiger partial charge is 0.486 e. The predicted molar refractivity (Wildman–Crippen MR) is 263 cm³/mol. The van der Waals surface area contributed by atoms with Crippen molar-refractivity contribution in [3.63, 3.8) is 0 Å². The maximum atomic E-state index is 13.3. The van der Waals surface area contributed by atoms with Crippen LogP contribution in [0.25, 0.3) is 0 Å². The van der Waals surface area contributed by atoms with E-state index in [1.54, 1.807) is 0 Å². The number of hydrogen-bond acceptors (Lipinski definition) is 12. The number of esters is 1. The van der Waals surface area contributed by atoms with Gasteiger partial charge in [0.15, 0.2) is 23.0 Å². The third kappa shape index (κ3) is 18.0. The second kappa shape index (κ2) is 30.7. The van der Waals surface area contributed by atoms with E-state index in [2.05, 4.69) is 36.2 Å². The molecule has 0 saturated carbocycles. The van der Waals surface area contributed by atoms with E-state index in [0.717, 1.165) is 106 Å². The lowest BCUT2D eigenvalue weighted by molar-refractivity contribution is -0.135. The van der Waals surface area contributed by atoms with E-state index in [4.69, 9.17) is 29.2 Å². The number of nitrogens with one attached hydrogen (secondary N) is 1. The van der Waals surface area contributed by atoms with Crippen molar-refractivity contribution in [1.29, 1.82) is 0 Å². The fourth-order valence-electron chi connectivity index (χ4n) is 8.84. The average Bonchev–Trinajstić information content (AvgIpc) is 4.11. The molecule has 71 heavy (non-hydrogen) atoms. The molecule has 3 aromatic rings. The topological polar surface area (TPSA) is 154 Å². The second-order valence-electron chi connectivity index (χ2n) is 18.4. The van der Waals surface area contributed by atoms with Gasteiger partial charge in [-0.05, 0) is 100 Å². The highest BCUT2D eigenvalue weighted by molar-refractivity contribution is 7.09. The number of carbonyl (C=O) groups is 2. The van der Waals surface area contributed by atoms with Gasteiger partial charge in [0, 0.05) is 41.4 Å². The van der Waals surface area contributed by atoms with Crippen LogP contribution in [-0.2, 0) is 14.1 Å². The normalized spacial score (nSPS) is 17.0. The lowest BCUT2D eigenvalue weighted by atomic mass is 10.0. The van der Waals surface area contributed by atoms with Crippen LogP contribution in [0.3, 0.4) is 0 Å². The number of rotatable bonds is 23. The highest BCUT2D eigenvalue weighted by atomic mass is 31.0. The molecular formula is C52H74F5N4O9P. The number of benzene rings is 3. The quantitative estimate of drug-likeness (QED) is 0.0158. The van der Waals surface area contributed by atoms with E-state index in [1.165, 1.54) is 44.9 Å². The van der Waals surface area contributed by atoms with Crippen LogP contribution < -0.4 is 34.7 Å². The lowest BCUT2D eigenvalue weighted by Crippen LogP contribution is -2.46. The maximum absolute atomic E-state index is 13.3. The van der Waals surface area contributed by atoms with E-state index in [9.17, 15) is 36.6 Å². The number of aliphatic hydroxyl groups excluding tert-OH is 1. The molecule has 2 fully saturated rings. The summed E-state index contributed by atoms with van der Waals surface area (Å²) in [6, 6.07) is 11.1. The van der Waals surface area contributed by atoms with Crippen LogP contribution in [0.4, 0.5) is 22.0 Å². The number of aliphatic hydroxyl groups is 1. The zero-order chi connectivity index (χ0) is 51.1. The van der Waals surface area contributed by atoms with Crippen LogP contribution in [0, 0.1) is 29.1 Å². The molecule has 4 N–H and O–H groups in total. The first-order chi connectivity index (χ1) is 34.3. The van der Waals surface area contributed by atoms with Crippen LogP contribution in [-0.4, -0.2) is 105 Å². The third-order valence-electron chi connectivity index (χ3n) is 12.8. The summed E-state index contributed by atoms with van der Waals surface area (Å²) in [5.74, 6) is -10.4. The number of carbonyl (C=O) groups excluding carboxylic acids is 2. The van der Waals surface area contributed by atoms with Crippen molar-refractivity contribution < 1.29 is 64.9 Å². The Morgan fingerprint density at radius 1 is 0.648 bits per heavy atom. The van der Waals surface area contributed by atoms with Crippen LogP contribution in [0.1, 0.15) is 140 Å². The molecule has 396 valence electrons. The molecule has 3 aromatic carbocycles. The summed E-state index contributed by atoms with van der Waals surface area (Å²) in [4.78, 5) is 28.8. The van der Waals surface area contributed by atoms with Gasteiger partial charge in [0.05, 0.1) is 12.1 Å². The second-order valence-corrected chi connectivity index (χ2v) is 18.6. The molecule has 0 spiro atoms. The Bertz CT molecular complexity index is 2090. The molecule has 4 aliphatic rings. The zero-order valence-corrected chi connectivity index (χ0v) is 42.5. The van der Waals surface area contributed by atoms with E-state index in [1.807, 2.05) is 43.3 Å². The average molecular weight is 1030 g/mol. The monoisotopic (exact) mass is 1020 g/mol. The number of halogens is 5. The standard InChI is InChI=1S/C23H37N2O4P.C15H22N2O3.C14H15F5O2/c1-2-3-4-5-6-9-22(26)24-19(17-25-12-7-8-13-25)23(29-30)18-10-11-20-21(16-18)28-15-14-27-20;16-12(10-17-5-1-2-6-17)15(18)11-3-4-13-14(9-11)20-8-7-19-13;1-2-3-4-5-6-7-8(20)21-14-12(18)10(16)9(15)11(17)13(14)19/h10-11,16,19,23H,2-9,12-15,17,30H2,1H3,(H,24,26);3-4,9,12,15,18H,1-2,5-8,10,16H2;2-7H2,1H3/t19-,23-;12-,15-;/m11./s1. The van der Waals surface area contributed by atoms with E-state index >= 15 is 0 Å². The molecule has 5 atom stereocenters. The summed E-state index contributed by atoms with van der Waals surface area (Å²) in [6.07, 6.45) is 14.1. The van der Waals surface area contributed by atoms with Crippen LogP contribution in [0.15, 0.2) is 36.4 Å². The van der Waals surface area contributed by atoms with Gasteiger partial charge >= 0.3 is 5.97 Å². The summed E-state index contributed by atoms with van der Waals surface area (Å²) in [7, 11) is 2.39. The Morgan fingerprint density at radius 2 is 1.10 bits per heavy atom. The minimum absolute atomic E-state index is 0.111. The Morgan fingerprint density at radius 3 is 1.62 bits per heavy atom. The fraction of sp³-hybridized carbons (Fsp3) is 0.615. The number of nitrogens with zero attached hydrogens (tertiary/aromatic N) is 2. The Hall–Kier alpha value is -4.32. The highest BCUT2D eigenvalue weighted by Crippen LogP contribution is 2.37. The van der Waals surface area contributed by atoms with Crippen LogP contribution >= 0.6 is 9.47 Å². The van der Waals surface area contributed by atoms with Crippen molar-refractivity contribution in [2.45, 2.75) is 141 Å². The molecule has 1 unspecified atom stereocenters. The number of ether oxygens (including phenoxy) is 5. The van der Waals surface area contributed by atoms with Gasteiger partial charge in [0.1, 0.15) is 32.5 Å². The minimum Gasteiger partial charge on any atom is -0.486 e. The molecule has 0 aromatic heterocycles. The number of fused-ring (bicyclic) bond motifs is 2. The fourth-order valence-corrected chi connectivity index (χ4v) is 9.18. The van der Waals surface area contributed by atoms with Crippen molar-refractivity contribution in [2.75, 3.05) is 65.7 Å². The Labute approximate surface area is 417 Å². The van der Waals surface area contributed by atoms with Gasteiger partial charge in [-0.25, -0.2) is 13.2 Å². The van der Waals surface area contributed by atoms with Crippen LogP contribution in [0.2, 0.25) is 0 Å². The number of likely N-dealkylation sites (tertiary alicyclic amines) is 2. The predicted octanol–water partition coefficient (Wildman–Crippen LogP) is 9.81. The van der Waals surface area contributed by atoms with Gasteiger partial charge in [-0.1, -0.05) is 77.3 Å². The van der Waals surface area contributed by atoms with Gasteiger partial charge in [-0.2, -0.15) is 8.78 Å². The third-order valence-corrected chi connectivity index (χ3v) is 13.1. The number of amides is 1. The highest BCUT2D eigenvalue weighted by Gasteiger charge is 2.31. The van der Waals surface area contributed by atoms with Gasteiger partial charge in [-0.15, -0.1) is 0 Å². The molecule has 0 aliphatic carbocycles. The van der Waals surface area contributed by atoms with Crippen molar-refractivity contribution in [3.05, 3.63) is 76.6 Å². The van der Waals surface area contributed by atoms with Crippen molar-refractivity contribution in [3.8, 4) is 28.7 Å². The lowest BCUT2D eigenvalue weighted by Gasteiger charge is -2.31. The van der Waals surface area contributed by atoms with Crippen LogP contribution in [0.5, 0.6) is 28.7 Å². The number of hydrogen-bond donors (Lipinski definition) is 3. The first-order valence-electron chi connectivity index (χ1n) is 25.4. The van der Waals surface area contributed by atoms with Gasteiger partial charge in [0.2, 0.25) is 40.7 Å². The molecular weight excluding hydrogens is 951 g/mol. The molecule has 13 nitrogen and oxygen atoms in total. The molecule has 0 bridgehead atoms. The first-order valence-corrected chi connectivity index (χ1v) is 25.9. The summed E-state index contributed by atoms with van der Waals surface area (Å²) in [5, 5.41) is 13.7. The first kappa shape index (κ1) is 57.6. The van der Waals surface area contributed by atoms with E-state index < -0.39 is 46.9 Å². The van der Waals surface area contributed by atoms with Crippen molar-refractivity contribution in [1.82, 2.24) is 15.1 Å². The SMILES string of the molecule is CCCCCCCC(=O)N[C@H](CN1CCCC1)[C@H](OP)c1ccc2c(c1)OCCO2.CCCCCCCC(=O)Oc1c(F)c(F)c(F)c(F)c1F.N[C@H](CN1CCCC1)[C@H](O)c1ccc2c(c1)OCCO2. The Balaban J connectivity index is 0.000000204. The molecule has 4 aliphatic heterocycles. The zero-order valence-electron chi connectivity index (χ0n) is 41.3. The minimum atomic E-state index is -2.29. The summed E-state index contributed by atoms with van der Waals surface area (Å²) in [6.45, 7) is 12.3. The maximum Gasteiger partial charge on any atom is 0.311 e. The van der Waals surface area contributed by atoms with Gasteiger partial charge < -0.3 is 54.2 Å². The van der Waals surface area contributed by atoms with Gasteiger partial charge in [-0.3, -0.25) is 9.59 Å². The van der Waals surface area contributed by atoms with Crippen molar-refractivity contribution in [2.24, 2.45) is 5.73 Å². The summed E-state index contributed by atoms with van der Waals surface area (Å²) < 4.78 is 97.6. The molecule has 7 rings (SSSR count). The molecule has 19 heteroatoms.